The number of benzene rings is 1. The van der Waals surface area contributed by atoms with Crippen LogP contribution in [0.25, 0.3) is 11.4 Å². The molecule has 0 fully saturated rings. The third-order valence-electron chi connectivity index (χ3n) is 4.39. The molecule has 158 valence electrons. The first kappa shape index (κ1) is 22.0. The van der Waals surface area contributed by atoms with Crippen molar-refractivity contribution in [3.63, 3.8) is 0 Å². The minimum Gasteiger partial charge on any atom is -0.492 e. The molecule has 0 radical (unpaired) electrons. The summed E-state index contributed by atoms with van der Waals surface area (Å²) in [5, 5.41) is 9.84. The maximum absolute atomic E-state index is 12.5. The number of ether oxygens (including phenoxy) is 1. The number of likely N-dealkylation sites (N-methyl/N-ethyl adjacent to an activating group) is 1. The molecule has 30 heavy (non-hydrogen) atoms. The molecule has 0 aliphatic rings. The molecule has 0 atom stereocenters. The Kier molecular flexibility index (Phi) is 7.59. The van der Waals surface area contributed by atoms with Crippen LogP contribution in [0.3, 0.4) is 0 Å². The first-order valence-corrected chi connectivity index (χ1v) is 10.7. The maximum Gasteiger partial charge on any atom is 0.232 e. The zero-order valence-electron chi connectivity index (χ0n) is 16.9. The molecule has 0 aliphatic carbocycles. The van der Waals surface area contributed by atoms with E-state index in [2.05, 4.69) is 16.8 Å². The van der Waals surface area contributed by atoms with Crippen LogP contribution < -0.4 is 4.74 Å². The quantitative estimate of drug-likeness (QED) is 0.341. The summed E-state index contributed by atoms with van der Waals surface area (Å²) >= 11 is 7.20. The van der Waals surface area contributed by atoms with E-state index >= 15 is 0 Å². The summed E-state index contributed by atoms with van der Waals surface area (Å²) in [4.78, 5) is 14.1. The largest absolute Gasteiger partial charge is 0.492 e. The van der Waals surface area contributed by atoms with Gasteiger partial charge in [-0.05, 0) is 37.3 Å². The van der Waals surface area contributed by atoms with Gasteiger partial charge in [0.25, 0.3) is 0 Å². The van der Waals surface area contributed by atoms with E-state index in [4.69, 9.17) is 20.8 Å². The highest BCUT2D eigenvalue weighted by Gasteiger charge is 2.18. The molecule has 1 amide bonds. The maximum atomic E-state index is 12.5. The van der Waals surface area contributed by atoms with Crippen LogP contribution in [0.4, 0.5) is 0 Å². The number of hydrogen-bond acceptors (Lipinski definition) is 6. The second-order valence-electron chi connectivity index (χ2n) is 6.50. The third-order valence-corrected chi connectivity index (χ3v) is 5.59. The molecule has 2 aromatic heterocycles. The highest BCUT2D eigenvalue weighted by molar-refractivity contribution is 7.99. The van der Waals surface area contributed by atoms with Gasteiger partial charge in [0, 0.05) is 18.6 Å². The van der Waals surface area contributed by atoms with Crippen LogP contribution in [0, 0.1) is 6.92 Å². The molecule has 1 aromatic carbocycles. The Bertz CT molecular complexity index is 1000. The van der Waals surface area contributed by atoms with Crippen LogP contribution >= 0.6 is 23.4 Å². The Morgan fingerprint density at radius 1 is 1.33 bits per heavy atom. The standard InChI is InChI=1S/C21H23ClN4O3S/c1-4-10-26-20(18-9-12-28-15(18)2)23-24-21(26)30-14-19(27)25(3)11-13-29-17-7-5-16(22)6-8-17/h4-9,12H,1,10-11,13-14H2,2-3H3. The smallest absolute Gasteiger partial charge is 0.232 e. The molecular weight excluding hydrogens is 424 g/mol. The van der Waals surface area contributed by atoms with E-state index in [0.717, 1.165) is 11.3 Å². The van der Waals surface area contributed by atoms with Crippen LogP contribution in [0.2, 0.25) is 5.02 Å². The summed E-state index contributed by atoms with van der Waals surface area (Å²) in [5.74, 6) is 2.40. The number of hydrogen-bond donors (Lipinski definition) is 0. The van der Waals surface area contributed by atoms with E-state index in [0.29, 0.717) is 41.4 Å². The minimum absolute atomic E-state index is 0.0195. The van der Waals surface area contributed by atoms with E-state index in [1.165, 1.54) is 11.8 Å². The number of amides is 1. The molecule has 0 unspecified atom stereocenters. The number of rotatable bonds is 10. The van der Waals surface area contributed by atoms with Crippen molar-refractivity contribution >= 4 is 29.3 Å². The number of thioether (sulfide) groups is 1. The van der Waals surface area contributed by atoms with Crippen LogP contribution in [0.1, 0.15) is 5.76 Å². The van der Waals surface area contributed by atoms with Gasteiger partial charge in [0.1, 0.15) is 18.1 Å². The molecule has 0 spiro atoms. The van der Waals surface area contributed by atoms with Crippen LogP contribution in [-0.4, -0.2) is 51.5 Å². The highest BCUT2D eigenvalue weighted by Crippen LogP contribution is 2.27. The number of carbonyl (C=O) groups is 1. The van der Waals surface area contributed by atoms with E-state index in [1.54, 1.807) is 48.6 Å². The van der Waals surface area contributed by atoms with Crippen molar-refractivity contribution in [2.45, 2.75) is 18.6 Å². The lowest BCUT2D eigenvalue weighted by atomic mass is 10.2. The van der Waals surface area contributed by atoms with E-state index in [1.807, 2.05) is 17.6 Å². The fraction of sp³-hybridized carbons (Fsp3) is 0.286. The van der Waals surface area contributed by atoms with Gasteiger partial charge in [0.15, 0.2) is 11.0 Å². The zero-order chi connectivity index (χ0) is 21.5. The second kappa shape index (κ2) is 10.4. The van der Waals surface area contributed by atoms with Gasteiger partial charge in [0.2, 0.25) is 5.91 Å². The van der Waals surface area contributed by atoms with Gasteiger partial charge >= 0.3 is 0 Å². The Labute approximate surface area is 184 Å². The van der Waals surface area contributed by atoms with Crippen molar-refractivity contribution in [1.29, 1.82) is 0 Å². The Morgan fingerprint density at radius 3 is 2.77 bits per heavy atom. The predicted octanol–water partition coefficient (Wildman–Crippen LogP) is 4.32. The number of carbonyl (C=O) groups excluding carboxylic acids is 1. The lowest BCUT2D eigenvalue weighted by Gasteiger charge is -2.17. The topological polar surface area (TPSA) is 73.4 Å². The number of aryl methyl sites for hydroxylation is 1. The highest BCUT2D eigenvalue weighted by atomic mass is 35.5. The van der Waals surface area contributed by atoms with Gasteiger partial charge in [0.05, 0.1) is 24.1 Å². The van der Waals surface area contributed by atoms with Crippen molar-refractivity contribution in [1.82, 2.24) is 19.7 Å². The van der Waals surface area contributed by atoms with Gasteiger partial charge in [-0.3, -0.25) is 9.36 Å². The first-order valence-electron chi connectivity index (χ1n) is 9.33. The summed E-state index contributed by atoms with van der Waals surface area (Å²) in [6.07, 6.45) is 3.39. The second-order valence-corrected chi connectivity index (χ2v) is 7.88. The zero-order valence-corrected chi connectivity index (χ0v) is 18.4. The molecule has 9 heteroatoms. The fourth-order valence-corrected chi connectivity index (χ4v) is 3.71. The van der Waals surface area contributed by atoms with Crippen LogP contribution in [-0.2, 0) is 11.3 Å². The molecule has 0 saturated carbocycles. The molecule has 2 heterocycles. The van der Waals surface area contributed by atoms with Crippen molar-refractivity contribution in [3.05, 3.63) is 60.0 Å². The Hall–Kier alpha value is -2.71. The van der Waals surface area contributed by atoms with Gasteiger partial charge in [-0.15, -0.1) is 16.8 Å². The molecule has 0 N–H and O–H groups in total. The summed E-state index contributed by atoms with van der Waals surface area (Å²) in [5.41, 5.74) is 0.874. The lowest BCUT2D eigenvalue weighted by Crippen LogP contribution is -2.32. The predicted molar refractivity (Wildman–Crippen MR) is 118 cm³/mol. The molecule has 3 aromatic rings. The van der Waals surface area contributed by atoms with Crippen LogP contribution in [0.15, 0.2) is 58.8 Å². The molecule has 0 aliphatic heterocycles. The van der Waals surface area contributed by atoms with E-state index in [9.17, 15) is 4.79 Å². The van der Waals surface area contributed by atoms with Crippen molar-refractivity contribution in [3.8, 4) is 17.1 Å². The SMILES string of the molecule is C=CCn1c(SCC(=O)N(C)CCOc2ccc(Cl)cc2)nnc1-c1ccoc1C. The number of halogens is 1. The average Bonchev–Trinajstić information content (AvgIpc) is 3.33. The van der Waals surface area contributed by atoms with Gasteiger partial charge < -0.3 is 14.1 Å². The monoisotopic (exact) mass is 446 g/mol. The van der Waals surface area contributed by atoms with Crippen molar-refractivity contribution in [2.24, 2.45) is 0 Å². The molecule has 0 bridgehead atoms. The minimum atomic E-state index is -0.0195. The van der Waals surface area contributed by atoms with Crippen molar-refractivity contribution in [2.75, 3.05) is 26.0 Å². The molecule has 3 rings (SSSR count). The Balaban J connectivity index is 1.54. The third kappa shape index (κ3) is 5.46. The summed E-state index contributed by atoms with van der Waals surface area (Å²) in [7, 11) is 1.75. The molecular formula is C21H23ClN4O3S. The van der Waals surface area contributed by atoms with E-state index in [-0.39, 0.29) is 11.7 Å². The summed E-state index contributed by atoms with van der Waals surface area (Å²) in [6.45, 7) is 7.08. The number of allylic oxidation sites excluding steroid dienone is 1. The molecule has 7 nitrogen and oxygen atoms in total. The number of nitrogens with zero attached hydrogens (tertiary/aromatic N) is 4. The van der Waals surface area contributed by atoms with E-state index < -0.39 is 0 Å². The normalized spacial score (nSPS) is 10.8. The van der Waals surface area contributed by atoms with Crippen molar-refractivity contribution < 1.29 is 13.9 Å². The first-order chi connectivity index (χ1) is 14.5. The van der Waals surface area contributed by atoms with Gasteiger partial charge in [-0.25, -0.2) is 0 Å². The average molecular weight is 447 g/mol. The van der Waals surface area contributed by atoms with Gasteiger partial charge in [-0.1, -0.05) is 29.4 Å². The summed E-state index contributed by atoms with van der Waals surface area (Å²) in [6, 6.07) is 8.98. The fourth-order valence-electron chi connectivity index (χ4n) is 2.70. The Morgan fingerprint density at radius 2 is 2.10 bits per heavy atom. The van der Waals surface area contributed by atoms with Crippen LogP contribution in [0.5, 0.6) is 5.75 Å². The van der Waals surface area contributed by atoms with Gasteiger partial charge in [-0.2, -0.15) is 0 Å². The number of aromatic nitrogens is 3. The molecule has 0 saturated heterocycles. The summed E-state index contributed by atoms with van der Waals surface area (Å²) < 4.78 is 12.9. The lowest BCUT2D eigenvalue weighted by molar-refractivity contribution is -0.127. The number of furan rings is 1.